The number of hydrogen-bond donors (Lipinski definition) is 1. The lowest BCUT2D eigenvalue weighted by molar-refractivity contribution is 0.0285. The Balaban J connectivity index is 1.52. The third-order valence-corrected chi connectivity index (χ3v) is 5.36. The smallest absolute Gasteiger partial charge is 0.0593 e. The molecule has 0 aromatic rings. The maximum Gasteiger partial charge on any atom is 0.0593 e. The second-order valence-corrected chi connectivity index (χ2v) is 7.71. The second-order valence-electron chi connectivity index (χ2n) is 7.71. The van der Waals surface area contributed by atoms with Crippen molar-refractivity contribution in [1.82, 2.24) is 10.2 Å². The highest BCUT2D eigenvalue weighted by Gasteiger charge is 2.45. The maximum atomic E-state index is 5.84. The molecule has 3 fully saturated rings. The monoisotopic (exact) mass is 280 g/mol. The van der Waals surface area contributed by atoms with Crippen LogP contribution in [0.3, 0.4) is 0 Å². The first-order chi connectivity index (χ1) is 9.69. The molecule has 1 N–H and O–H groups in total. The molecule has 1 spiro atoms. The number of piperazine rings is 1. The molecule has 3 rings (SSSR count). The molecular formula is C17H32N2O. The van der Waals surface area contributed by atoms with Gasteiger partial charge >= 0.3 is 0 Å². The van der Waals surface area contributed by atoms with Crippen LogP contribution in [0.1, 0.15) is 52.4 Å². The van der Waals surface area contributed by atoms with Crippen molar-refractivity contribution in [2.24, 2.45) is 11.8 Å². The van der Waals surface area contributed by atoms with E-state index in [0.717, 1.165) is 31.7 Å². The van der Waals surface area contributed by atoms with Gasteiger partial charge in [0.05, 0.1) is 6.61 Å². The molecule has 0 aromatic carbocycles. The van der Waals surface area contributed by atoms with Crippen LogP contribution in [0.15, 0.2) is 0 Å². The van der Waals surface area contributed by atoms with Crippen LogP contribution in [-0.2, 0) is 4.74 Å². The zero-order chi connectivity index (χ0) is 14.0. The van der Waals surface area contributed by atoms with E-state index < -0.39 is 0 Å². The predicted molar refractivity (Wildman–Crippen MR) is 82.9 cm³/mol. The standard InChI is InChI=1S/C17H32N2O/c1-14(2)12-20-10-9-19-13-17(7-3-4-8-17)18-11-16(19)15-5-6-15/h14-16,18H,3-13H2,1-2H3. The molecule has 2 aliphatic carbocycles. The Hall–Kier alpha value is -0.120. The number of nitrogens with one attached hydrogen (secondary N) is 1. The van der Waals surface area contributed by atoms with Crippen LogP contribution < -0.4 is 5.32 Å². The van der Waals surface area contributed by atoms with Gasteiger partial charge in [-0.05, 0) is 37.5 Å². The largest absolute Gasteiger partial charge is 0.380 e. The van der Waals surface area contributed by atoms with Gasteiger partial charge in [-0.15, -0.1) is 0 Å². The van der Waals surface area contributed by atoms with Gasteiger partial charge in [0.1, 0.15) is 0 Å². The minimum absolute atomic E-state index is 0.448. The summed E-state index contributed by atoms with van der Waals surface area (Å²) in [6.07, 6.45) is 8.49. The normalized spacial score (nSPS) is 30.4. The highest BCUT2D eigenvalue weighted by atomic mass is 16.5. The molecule has 20 heavy (non-hydrogen) atoms. The number of nitrogens with zero attached hydrogens (tertiary/aromatic N) is 1. The summed E-state index contributed by atoms with van der Waals surface area (Å²) in [5.74, 6) is 1.62. The van der Waals surface area contributed by atoms with Crippen molar-refractivity contribution in [3.63, 3.8) is 0 Å². The van der Waals surface area contributed by atoms with E-state index in [1.165, 1.54) is 51.6 Å². The highest BCUT2D eigenvalue weighted by molar-refractivity contribution is 5.03. The topological polar surface area (TPSA) is 24.5 Å². The molecule has 3 aliphatic rings. The fraction of sp³-hybridized carbons (Fsp3) is 1.00. The van der Waals surface area contributed by atoms with E-state index >= 15 is 0 Å². The molecule has 0 aromatic heterocycles. The Labute approximate surface area is 124 Å². The molecule has 1 unspecified atom stereocenters. The minimum atomic E-state index is 0.448. The van der Waals surface area contributed by atoms with Crippen LogP contribution in [0, 0.1) is 11.8 Å². The van der Waals surface area contributed by atoms with Crippen LogP contribution in [-0.4, -0.2) is 49.3 Å². The third kappa shape index (κ3) is 3.55. The van der Waals surface area contributed by atoms with E-state index in [4.69, 9.17) is 4.74 Å². The molecule has 0 bridgehead atoms. The molecule has 1 saturated heterocycles. The Morgan fingerprint density at radius 2 is 2.00 bits per heavy atom. The Morgan fingerprint density at radius 3 is 2.65 bits per heavy atom. The van der Waals surface area contributed by atoms with Crippen molar-refractivity contribution in [3.05, 3.63) is 0 Å². The summed E-state index contributed by atoms with van der Waals surface area (Å²) in [5, 5.41) is 3.92. The van der Waals surface area contributed by atoms with Gasteiger partial charge in [-0.25, -0.2) is 0 Å². The first-order valence-electron chi connectivity index (χ1n) is 8.75. The SMILES string of the molecule is CC(C)COCCN1CC2(CCCC2)NCC1C1CC1. The molecule has 0 radical (unpaired) electrons. The predicted octanol–water partition coefficient (Wildman–Crippen LogP) is 2.66. The number of ether oxygens (including phenoxy) is 1. The van der Waals surface area contributed by atoms with E-state index in [2.05, 4.69) is 24.1 Å². The zero-order valence-corrected chi connectivity index (χ0v) is 13.4. The van der Waals surface area contributed by atoms with Crippen LogP contribution in [0.25, 0.3) is 0 Å². The fourth-order valence-electron chi connectivity index (χ4n) is 4.09. The van der Waals surface area contributed by atoms with Crippen LogP contribution in [0.4, 0.5) is 0 Å². The van der Waals surface area contributed by atoms with Crippen molar-refractivity contribution in [3.8, 4) is 0 Å². The average Bonchev–Trinajstić information content (AvgIpc) is 3.16. The van der Waals surface area contributed by atoms with Crippen LogP contribution >= 0.6 is 0 Å². The van der Waals surface area contributed by atoms with Gasteiger partial charge in [0.15, 0.2) is 0 Å². The van der Waals surface area contributed by atoms with Gasteiger partial charge in [0, 0.05) is 37.8 Å². The summed E-state index contributed by atoms with van der Waals surface area (Å²) < 4.78 is 5.84. The summed E-state index contributed by atoms with van der Waals surface area (Å²) in [7, 11) is 0. The van der Waals surface area contributed by atoms with Gasteiger partial charge in [-0.3, -0.25) is 4.90 Å². The summed E-state index contributed by atoms with van der Waals surface area (Å²) in [6, 6.07) is 0.781. The molecule has 2 saturated carbocycles. The lowest BCUT2D eigenvalue weighted by Gasteiger charge is -2.46. The van der Waals surface area contributed by atoms with Gasteiger partial charge in [-0.1, -0.05) is 26.7 Å². The van der Waals surface area contributed by atoms with E-state index in [1.807, 2.05) is 0 Å². The summed E-state index contributed by atoms with van der Waals surface area (Å²) >= 11 is 0. The highest BCUT2D eigenvalue weighted by Crippen LogP contribution is 2.40. The zero-order valence-electron chi connectivity index (χ0n) is 13.4. The first kappa shape index (κ1) is 14.8. The molecule has 1 atom stereocenters. The van der Waals surface area contributed by atoms with Crippen molar-refractivity contribution in [2.45, 2.75) is 64.0 Å². The van der Waals surface area contributed by atoms with E-state index in [0.29, 0.717) is 11.5 Å². The first-order valence-corrected chi connectivity index (χ1v) is 8.75. The van der Waals surface area contributed by atoms with Gasteiger partial charge < -0.3 is 10.1 Å². The maximum absolute atomic E-state index is 5.84. The Bertz CT molecular complexity index is 308. The quantitative estimate of drug-likeness (QED) is 0.757. The van der Waals surface area contributed by atoms with Gasteiger partial charge in [0.25, 0.3) is 0 Å². The minimum Gasteiger partial charge on any atom is -0.380 e. The summed E-state index contributed by atoms with van der Waals surface area (Å²) in [4.78, 5) is 2.76. The van der Waals surface area contributed by atoms with Gasteiger partial charge in [0.2, 0.25) is 0 Å². The lowest BCUT2D eigenvalue weighted by Crippen LogP contribution is -2.64. The Morgan fingerprint density at radius 1 is 1.25 bits per heavy atom. The molecule has 116 valence electrons. The second kappa shape index (κ2) is 6.33. The third-order valence-electron chi connectivity index (χ3n) is 5.36. The van der Waals surface area contributed by atoms with E-state index in [1.54, 1.807) is 0 Å². The Kier molecular flexibility index (Phi) is 4.68. The van der Waals surface area contributed by atoms with E-state index in [9.17, 15) is 0 Å². The lowest BCUT2D eigenvalue weighted by atomic mass is 9.91. The summed E-state index contributed by atoms with van der Waals surface area (Å²) in [5.41, 5.74) is 0.448. The van der Waals surface area contributed by atoms with Crippen molar-refractivity contribution < 1.29 is 4.74 Å². The molecule has 1 aliphatic heterocycles. The van der Waals surface area contributed by atoms with Crippen LogP contribution in [0.2, 0.25) is 0 Å². The molecule has 3 heteroatoms. The van der Waals surface area contributed by atoms with Crippen molar-refractivity contribution in [1.29, 1.82) is 0 Å². The van der Waals surface area contributed by atoms with Crippen molar-refractivity contribution in [2.75, 3.05) is 32.8 Å². The van der Waals surface area contributed by atoms with E-state index in [-0.39, 0.29) is 0 Å². The van der Waals surface area contributed by atoms with Crippen LogP contribution in [0.5, 0.6) is 0 Å². The summed E-state index contributed by atoms with van der Waals surface area (Å²) in [6.45, 7) is 9.89. The number of hydrogen-bond acceptors (Lipinski definition) is 3. The molecule has 0 amide bonds. The van der Waals surface area contributed by atoms with Crippen molar-refractivity contribution >= 4 is 0 Å². The average molecular weight is 280 g/mol. The molecular weight excluding hydrogens is 248 g/mol. The number of rotatable bonds is 6. The molecule has 3 nitrogen and oxygen atoms in total. The molecule has 1 heterocycles. The fourth-order valence-corrected chi connectivity index (χ4v) is 4.09. The van der Waals surface area contributed by atoms with Gasteiger partial charge in [-0.2, -0.15) is 0 Å².